The van der Waals surface area contributed by atoms with Crippen molar-refractivity contribution in [3.63, 3.8) is 0 Å². The first-order valence-electron chi connectivity index (χ1n) is 9.25. The van der Waals surface area contributed by atoms with E-state index < -0.39 is 0 Å². The van der Waals surface area contributed by atoms with Gasteiger partial charge in [-0.25, -0.2) is 4.68 Å². The van der Waals surface area contributed by atoms with Gasteiger partial charge in [0.05, 0.1) is 16.4 Å². The number of amides is 1. The van der Waals surface area contributed by atoms with Crippen molar-refractivity contribution in [1.29, 1.82) is 0 Å². The average Bonchev–Trinajstić information content (AvgIpc) is 3.27. The number of nitrogens with one attached hydrogen (secondary N) is 1. The van der Waals surface area contributed by atoms with Gasteiger partial charge < -0.3 is 10.1 Å². The van der Waals surface area contributed by atoms with Gasteiger partial charge in [0.2, 0.25) is 0 Å². The lowest BCUT2D eigenvalue weighted by atomic mass is 10.2. The van der Waals surface area contributed by atoms with E-state index in [1.807, 2.05) is 31.5 Å². The summed E-state index contributed by atoms with van der Waals surface area (Å²) in [5.41, 5.74) is 3.03. The van der Waals surface area contributed by atoms with E-state index in [0.717, 1.165) is 23.4 Å². The van der Waals surface area contributed by atoms with E-state index in [1.54, 1.807) is 29.1 Å². The number of benzene rings is 1. The third kappa shape index (κ3) is 5.31. The SMILES string of the molecule is Cc1cc(OCn2ccc(C(=O)NCCCn3nc(C)c(Cl)c3C)n2)ccc1Cl. The zero-order valence-corrected chi connectivity index (χ0v) is 18.1. The highest BCUT2D eigenvalue weighted by molar-refractivity contribution is 6.32. The highest BCUT2D eigenvalue weighted by atomic mass is 35.5. The number of halogens is 2. The normalized spacial score (nSPS) is 10.9. The van der Waals surface area contributed by atoms with Crippen LogP contribution >= 0.6 is 23.2 Å². The van der Waals surface area contributed by atoms with Crippen LogP contribution in [0.1, 0.15) is 33.9 Å². The van der Waals surface area contributed by atoms with Crippen molar-refractivity contribution in [3.05, 3.63) is 63.2 Å². The molecule has 0 aliphatic carbocycles. The van der Waals surface area contributed by atoms with Gasteiger partial charge in [-0.2, -0.15) is 10.2 Å². The van der Waals surface area contributed by atoms with Crippen molar-refractivity contribution in [2.24, 2.45) is 0 Å². The molecule has 0 radical (unpaired) electrons. The highest BCUT2D eigenvalue weighted by Crippen LogP contribution is 2.21. The van der Waals surface area contributed by atoms with Gasteiger partial charge in [-0.1, -0.05) is 23.2 Å². The van der Waals surface area contributed by atoms with Crippen LogP contribution in [0.5, 0.6) is 5.75 Å². The molecule has 1 N–H and O–H groups in total. The Hall–Kier alpha value is -2.51. The molecule has 154 valence electrons. The van der Waals surface area contributed by atoms with Crippen LogP contribution in [-0.4, -0.2) is 32.0 Å². The van der Waals surface area contributed by atoms with E-state index >= 15 is 0 Å². The minimum absolute atomic E-state index is 0.201. The Bertz CT molecular complexity index is 1010. The predicted molar refractivity (Wildman–Crippen MR) is 113 cm³/mol. The van der Waals surface area contributed by atoms with Crippen molar-refractivity contribution in [3.8, 4) is 5.75 Å². The minimum Gasteiger partial charge on any atom is -0.471 e. The number of hydrogen-bond acceptors (Lipinski definition) is 4. The topological polar surface area (TPSA) is 74.0 Å². The summed E-state index contributed by atoms with van der Waals surface area (Å²) in [5, 5.41) is 12.9. The maximum atomic E-state index is 12.3. The fourth-order valence-electron chi connectivity index (χ4n) is 2.82. The first-order chi connectivity index (χ1) is 13.8. The Balaban J connectivity index is 1.45. The minimum atomic E-state index is -0.225. The van der Waals surface area contributed by atoms with E-state index in [0.29, 0.717) is 34.6 Å². The Morgan fingerprint density at radius 3 is 2.66 bits per heavy atom. The molecule has 2 heterocycles. The van der Waals surface area contributed by atoms with Crippen LogP contribution in [0.25, 0.3) is 0 Å². The zero-order valence-electron chi connectivity index (χ0n) is 16.6. The second kappa shape index (κ2) is 9.33. The van der Waals surface area contributed by atoms with Crippen LogP contribution in [0.2, 0.25) is 10.0 Å². The summed E-state index contributed by atoms with van der Waals surface area (Å²) < 4.78 is 9.10. The molecule has 0 unspecified atom stereocenters. The molecule has 0 saturated carbocycles. The lowest BCUT2D eigenvalue weighted by molar-refractivity contribution is 0.0945. The van der Waals surface area contributed by atoms with Crippen LogP contribution in [0.15, 0.2) is 30.5 Å². The molecule has 0 aliphatic rings. The van der Waals surface area contributed by atoms with Gasteiger partial charge in [-0.15, -0.1) is 0 Å². The number of rotatable bonds is 8. The molecule has 2 aromatic heterocycles. The Labute approximate surface area is 179 Å². The third-order valence-corrected chi connectivity index (χ3v) is 5.46. The van der Waals surface area contributed by atoms with Crippen LogP contribution < -0.4 is 10.1 Å². The molecule has 3 rings (SSSR count). The summed E-state index contributed by atoms with van der Waals surface area (Å²) in [4.78, 5) is 12.3. The lowest BCUT2D eigenvalue weighted by Crippen LogP contribution is -2.26. The van der Waals surface area contributed by atoms with E-state index in [-0.39, 0.29) is 12.6 Å². The maximum absolute atomic E-state index is 12.3. The molecule has 1 aromatic carbocycles. The fourth-order valence-corrected chi connectivity index (χ4v) is 3.07. The number of nitrogens with zero attached hydrogens (tertiary/aromatic N) is 4. The lowest BCUT2D eigenvalue weighted by Gasteiger charge is -2.08. The fraction of sp³-hybridized carbons (Fsp3) is 0.350. The van der Waals surface area contributed by atoms with E-state index in [1.165, 1.54) is 0 Å². The molecule has 0 aliphatic heterocycles. The molecule has 0 saturated heterocycles. The van der Waals surface area contributed by atoms with Gasteiger partial charge >= 0.3 is 0 Å². The molecule has 0 fully saturated rings. The van der Waals surface area contributed by atoms with Gasteiger partial charge in [-0.3, -0.25) is 9.48 Å². The summed E-state index contributed by atoms with van der Waals surface area (Å²) in [5.74, 6) is 0.468. The summed E-state index contributed by atoms with van der Waals surface area (Å²) in [6, 6.07) is 7.10. The molecule has 0 bridgehead atoms. The third-order valence-electron chi connectivity index (χ3n) is 4.49. The summed E-state index contributed by atoms with van der Waals surface area (Å²) in [7, 11) is 0. The Morgan fingerprint density at radius 1 is 1.17 bits per heavy atom. The van der Waals surface area contributed by atoms with E-state index in [2.05, 4.69) is 15.5 Å². The molecule has 1 amide bonds. The van der Waals surface area contributed by atoms with Crippen molar-refractivity contribution in [2.45, 2.75) is 40.5 Å². The van der Waals surface area contributed by atoms with Gasteiger partial charge in [0.25, 0.3) is 5.91 Å². The van der Waals surface area contributed by atoms with Crippen LogP contribution in [0.4, 0.5) is 0 Å². The van der Waals surface area contributed by atoms with Gasteiger partial charge in [-0.05, 0) is 57.0 Å². The molecule has 0 spiro atoms. The highest BCUT2D eigenvalue weighted by Gasteiger charge is 2.11. The summed E-state index contributed by atoms with van der Waals surface area (Å²) in [6.45, 7) is 7.12. The van der Waals surface area contributed by atoms with Crippen molar-refractivity contribution in [1.82, 2.24) is 24.9 Å². The quantitative estimate of drug-likeness (QED) is 0.538. The van der Waals surface area contributed by atoms with Crippen molar-refractivity contribution in [2.75, 3.05) is 6.54 Å². The Morgan fingerprint density at radius 2 is 1.97 bits per heavy atom. The van der Waals surface area contributed by atoms with E-state index in [9.17, 15) is 4.79 Å². The monoisotopic (exact) mass is 435 g/mol. The molecule has 7 nitrogen and oxygen atoms in total. The van der Waals surface area contributed by atoms with Gasteiger partial charge in [0.15, 0.2) is 6.73 Å². The molecule has 3 aromatic rings. The van der Waals surface area contributed by atoms with Crippen molar-refractivity contribution < 1.29 is 9.53 Å². The summed E-state index contributed by atoms with van der Waals surface area (Å²) in [6.07, 6.45) is 2.44. The zero-order chi connectivity index (χ0) is 21.0. The molecular weight excluding hydrogens is 413 g/mol. The largest absolute Gasteiger partial charge is 0.471 e. The average molecular weight is 436 g/mol. The first-order valence-corrected chi connectivity index (χ1v) is 10.0. The van der Waals surface area contributed by atoms with Crippen LogP contribution in [0, 0.1) is 20.8 Å². The van der Waals surface area contributed by atoms with Crippen molar-refractivity contribution >= 4 is 29.1 Å². The summed E-state index contributed by atoms with van der Waals surface area (Å²) >= 11 is 12.2. The van der Waals surface area contributed by atoms with E-state index in [4.69, 9.17) is 27.9 Å². The van der Waals surface area contributed by atoms with Gasteiger partial charge in [0.1, 0.15) is 11.4 Å². The second-order valence-corrected chi connectivity index (χ2v) is 7.53. The molecular formula is C20H23Cl2N5O2. The molecule has 9 heteroatoms. The smallest absolute Gasteiger partial charge is 0.271 e. The van der Waals surface area contributed by atoms with Crippen LogP contribution in [-0.2, 0) is 13.3 Å². The standard InChI is InChI=1S/C20H23Cl2N5O2/c1-13-11-16(5-6-17(13)21)29-12-26-10-7-18(25-26)20(28)23-8-4-9-27-15(3)19(22)14(2)24-27/h5-7,10-11H,4,8-9,12H2,1-3H3,(H,23,28). The number of ether oxygens (including phenoxy) is 1. The number of hydrogen-bond donors (Lipinski definition) is 1. The number of aromatic nitrogens is 4. The molecule has 29 heavy (non-hydrogen) atoms. The number of carbonyl (C=O) groups is 1. The Kier molecular flexibility index (Phi) is 6.82. The number of carbonyl (C=O) groups excluding carboxylic acids is 1. The van der Waals surface area contributed by atoms with Gasteiger partial charge in [0, 0.05) is 24.3 Å². The maximum Gasteiger partial charge on any atom is 0.271 e. The first kappa shape index (κ1) is 21.2. The number of aryl methyl sites for hydroxylation is 3. The second-order valence-electron chi connectivity index (χ2n) is 6.74. The molecule has 0 atom stereocenters. The van der Waals surface area contributed by atoms with Crippen LogP contribution in [0.3, 0.4) is 0 Å². The predicted octanol–water partition coefficient (Wildman–Crippen LogP) is 4.17.